The Balaban J connectivity index is 2.08. The van der Waals surface area contributed by atoms with Crippen LogP contribution in [0.5, 0.6) is 0 Å². The smallest absolute Gasteiger partial charge is 0.133 e. The molecule has 0 spiro atoms. The van der Waals surface area contributed by atoms with Crippen molar-refractivity contribution in [3.05, 3.63) is 35.9 Å². The first kappa shape index (κ1) is 11.5. The van der Waals surface area contributed by atoms with E-state index in [9.17, 15) is 0 Å². The van der Waals surface area contributed by atoms with Crippen LogP contribution in [0.25, 0.3) is 10.9 Å². The third-order valence-corrected chi connectivity index (χ3v) is 3.96. The molecule has 0 atom stereocenters. The van der Waals surface area contributed by atoms with Crippen molar-refractivity contribution in [2.24, 2.45) is 5.73 Å². The number of hydrogen-bond acceptors (Lipinski definition) is 3. The van der Waals surface area contributed by atoms with Gasteiger partial charge in [-0.2, -0.15) is 0 Å². The molecule has 1 saturated carbocycles. The van der Waals surface area contributed by atoms with Crippen molar-refractivity contribution in [1.29, 1.82) is 0 Å². The number of benzene rings is 1. The molecule has 0 bridgehead atoms. The summed E-state index contributed by atoms with van der Waals surface area (Å²) in [4.78, 5) is 7.10. The number of nitrogens with zero attached hydrogens (tertiary/aromatic N) is 2. The first-order valence-corrected chi connectivity index (χ1v) is 6.61. The highest BCUT2D eigenvalue weighted by Gasteiger charge is 2.24. The summed E-state index contributed by atoms with van der Waals surface area (Å²) < 4.78 is 0. The Bertz CT molecular complexity index is 561. The topological polar surface area (TPSA) is 42.2 Å². The lowest BCUT2D eigenvalue weighted by molar-refractivity contribution is 0.399. The Hall–Kier alpha value is -1.61. The van der Waals surface area contributed by atoms with Crippen LogP contribution in [0.15, 0.2) is 30.3 Å². The van der Waals surface area contributed by atoms with Gasteiger partial charge in [0.25, 0.3) is 0 Å². The minimum atomic E-state index is 0.546. The first-order valence-electron chi connectivity index (χ1n) is 6.61. The normalized spacial score (nSPS) is 15.7. The van der Waals surface area contributed by atoms with Crippen LogP contribution in [-0.2, 0) is 6.54 Å². The zero-order valence-corrected chi connectivity index (χ0v) is 10.8. The predicted molar refractivity (Wildman–Crippen MR) is 75.7 cm³/mol. The molecule has 2 N–H and O–H groups in total. The van der Waals surface area contributed by atoms with Crippen LogP contribution in [0, 0.1) is 0 Å². The SMILES string of the molecule is CN(c1nc2ccccc2cc1CN)C1CCC1. The van der Waals surface area contributed by atoms with Crippen molar-refractivity contribution in [3.63, 3.8) is 0 Å². The van der Waals surface area contributed by atoms with Crippen LogP contribution >= 0.6 is 0 Å². The molecule has 1 aromatic heterocycles. The lowest BCUT2D eigenvalue weighted by Crippen LogP contribution is -2.38. The van der Waals surface area contributed by atoms with Gasteiger partial charge >= 0.3 is 0 Å². The Labute approximate surface area is 108 Å². The highest BCUT2D eigenvalue weighted by atomic mass is 15.2. The molecule has 3 rings (SSSR count). The molecule has 1 aromatic carbocycles. The molecule has 0 amide bonds. The minimum Gasteiger partial charge on any atom is -0.356 e. The standard InChI is InChI=1S/C15H19N3/c1-18(13-6-4-7-13)15-12(10-16)9-11-5-2-3-8-14(11)17-15/h2-3,5,8-9,13H,4,6-7,10,16H2,1H3. The van der Waals surface area contributed by atoms with Crippen molar-refractivity contribution in [2.45, 2.75) is 31.8 Å². The summed E-state index contributed by atoms with van der Waals surface area (Å²) in [6.07, 6.45) is 3.88. The van der Waals surface area contributed by atoms with E-state index in [1.807, 2.05) is 12.1 Å². The molecular weight excluding hydrogens is 222 g/mol. The third-order valence-electron chi connectivity index (χ3n) is 3.96. The Morgan fingerprint density at radius 3 is 2.78 bits per heavy atom. The fourth-order valence-electron chi connectivity index (χ4n) is 2.55. The highest BCUT2D eigenvalue weighted by Crippen LogP contribution is 2.30. The van der Waals surface area contributed by atoms with Gasteiger partial charge in [0, 0.05) is 30.6 Å². The number of fused-ring (bicyclic) bond motifs is 1. The quantitative estimate of drug-likeness (QED) is 0.898. The number of aromatic nitrogens is 1. The number of para-hydroxylation sites is 1. The molecule has 0 aliphatic heterocycles. The van der Waals surface area contributed by atoms with Gasteiger partial charge in [-0.05, 0) is 31.4 Å². The maximum atomic E-state index is 5.87. The van der Waals surface area contributed by atoms with Crippen molar-refractivity contribution in [1.82, 2.24) is 4.98 Å². The van der Waals surface area contributed by atoms with Gasteiger partial charge in [0.1, 0.15) is 5.82 Å². The number of pyridine rings is 1. The van der Waals surface area contributed by atoms with Crippen molar-refractivity contribution < 1.29 is 0 Å². The Morgan fingerprint density at radius 2 is 2.11 bits per heavy atom. The van der Waals surface area contributed by atoms with Crippen molar-refractivity contribution in [2.75, 3.05) is 11.9 Å². The molecule has 2 aromatic rings. The van der Waals surface area contributed by atoms with Gasteiger partial charge in [0.2, 0.25) is 0 Å². The summed E-state index contributed by atoms with van der Waals surface area (Å²) >= 11 is 0. The second-order valence-electron chi connectivity index (χ2n) is 5.06. The van der Waals surface area contributed by atoms with Gasteiger partial charge in [-0.25, -0.2) is 4.98 Å². The molecule has 0 radical (unpaired) electrons. The largest absolute Gasteiger partial charge is 0.356 e. The molecule has 0 unspecified atom stereocenters. The van der Waals surface area contributed by atoms with Gasteiger partial charge in [-0.1, -0.05) is 18.2 Å². The molecule has 1 heterocycles. The zero-order valence-electron chi connectivity index (χ0n) is 10.8. The maximum Gasteiger partial charge on any atom is 0.133 e. The lowest BCUT2D eigenvalue weighted by atomic mass is 9.91. The Morgan fingerprint density at radius 1 is 1.33 bits per heavy atom. The lowest BCUT2D eigenvalue weighted by Gasteiger charge is -2.36. The third kappa shape index (κ3) is 1.85. The molecule has 3 heteroatoms. The second kappa shape index (κ2) is 4.58. The summed E-state index contributed by atoms with van der Waals surface area (Å²) in [7, 11) is 2.14. The molecule has 1 aliphatic rings. The first-order chi connectivity index (χ1) is 8.79. The number of anilines is 1. The van der Waals surface area contributed by atoms with Crippen LogP contribution in [0.3, 0.4) is 0 Å². The average Bonchev–Trinajstić information content (AvgIpc) is 2.35. The average molecular weight is 241 g/mol. The molecular formula is C15H19N3. The fraction of sp³-hybridized carbons (Fsp3) is 0.400. The van der Waals surface area contributed by atoms with E-state index in [1.165, 1.54) is 24.6 Å². The summed E-state index contributed by atoms with van der Waals surface area (Å²) in [5.41, 5.74) is 8.07. The van der Waals surface area contributed by atoms with E-state index in [0.717, 1.165) is 16.9 Å². The van der Waals surface area contributed by atoms with Gasteiger partial charge in [0.05, 0.1) is 5.52 Å². The maximum absolute atomic E-state index is 5.87. The monoisotopic (exact) mass is 241 g/mol. The van der Waals surface area contributed by atoms with Crippen LogP contribution < -0.4 is 10.6 Å². The van der Waals surface area contributed by atoms with Crippen LogP contribution in [0.4, 0.5) is 5.82 Å². The summed E-state index contributed by atoms with van der Waals surface area (Å²) in [5.74, 6) is 1.06. The summed E-state index contributed by atoms with van der Waals surface area (Å²) in [6, 6.07) is 11.0. The van der Waals surface area contributed by atoms with E-state index in [1.54, 1.807) is 0 Å². The van der Waals surface area contributed by atoms with E-state index in [2.05, 4.69) is 30.1 Å². The minimum absolute atomic E-state index is 0.546. The summed E-state index contributed by atoms with van der Waals surface area (Å²) in [5, 5.41) is 1.17. The van der Waals surface area contributed by atoms with Crippen LogP contribution in [0.2, 0.25) is 0 Å². The van der Waals surface area contributed by atoms with Crippen molar-refractivity contribution >= 4 is 16.7 Å². The van der Waals surface area contributed by atoms with Crippen molar-refractivity contribution in [3.8, 4) is 0 Å². The second-order valence-corrected chi connectivity index (χ2v) is 5.06. The van der Waals surface area contributed by atoms with Gasteiger partial charge in [-0.3, -0.25) is 0 Å². The number of nitrogens with two attached hydrogens (primary N) is 1. The predicted octanol–water partition coefficient (Wildman–Crippen LogP) is 2.68. The number of rotatable bonds is 3. The highest BCUT2D eigenvalue weighted by molar-refractivity contribution is 5.81. The van der Waals surface area contributed by atoms with Gasteiger partial charge < -0.3 is 10.6 Å². The van der Waals surface area contributed by atoms with Gasteiger partial charge in [0.15, 0.2) is 0 Å². The molecule has 18 heavy (non-hydrogen) atoms. The molecule has 0 saturated heterocycles. The van der Waals surface area contributed by atoms with Crippen LogP contribution in [0.1, 0.15) is 24.8 Å². The van der Waals surface area contributed by atoms with Gasteiger partial charge in [-0.15, -0.1) is 0 Å². The molecule has 3 nitrogen and oxygen atoms in total. The van der Waals surface area contributed by atoms with E-state index in [-0.39, 0.29) is 0 Å². The van der Waals surface area contributed by atoms with E-state index in [0.29, 0.717) is 12.6 Å². The molecule has 1 aliphatic carbocycles. The van der Waals surface area contributed by atoms with E-state index >= 15 is 0 Å². The summed E-state index contributed by atoms with van der Waals surface area (Å²) in [6.45, 7) is 0.546. The Kier molecular flexibility index (Phi) is 2.92. The molecule has 1 fully saturated rings. The van der Waals surface area contributed by atoms with E-state index in [4.69, 9.17) is 10.7 Å². The van der Waals surface area contributed by atoms with Crippen LogP contribution in [-0.4, -0.2) is 18.1 Å². The fourth-order valence-corrected chi connectivity index (χ4v) is 2.55. The number of hydrogen-bond donors (Lipinski definition) is 1. The molecule has 94 valence electrons. The van der Waals surface area contributed by atoms with E-state index < -0.39 is 0 Å². The zero-order chi connectivity index (χ0) is 12.5.